The topological polar surface area (TPSA) is 23.5 Å². The number of benzene rings is 1. The van der Waals surface area contributed by atoms with E-state index >= 15 is 0 Å². The third-order valence-electron chi connectivity index (χ3n) is 1.62. The summed E-state index contributed by atoms with van der Waals surface area (Å²) in [6, 6.07) is 5.29. The number of halogens is 3. The number of hydrogen-bond acceptors (Lipinski definition) is 2. The van der Waals surface area contributed by atoms with Crippen LogP contribution in [0.2, 0.25) is 0 Å². The molecule has 13 heavy (non-hydrogen) atoms. The lowest BCUT2D eigenvalue weighted by Crippen LogP contribution is -2.33. The molecule has 1 rings (SSSR count). The van der Waals surface area contributed by atoms with Gasteiger partial charge in [-0.25, -0.2) is 0 Å². The largest absolute Gasteiger partial charge is 0.506 e. The Balaban J connectivity index is 3.02. The molecule has 72 valence electrons. The summed E-state index contributed by atoms with van der Waals surface area (Å²) in [5.41, 5.74) is -0.255. The van der Waals surface area contributed by atoms with Crippen LogP contribution in [-0.2, 0) is 0 Å². The second-order valence-electron chi connectivity index (χ2n) is 2.52. The van der Waals surface area contributed by atoms with Gasteiger partial charge in [-0.05, 0) is 12.1 Å². The van der Waals surface area contributed by atoms with Crippen molar-refractivity contribution in [2.24, 2.45) is 0 Å². The van der Waals surface area contributed by atoms with Gasteiger partial charge in [-0.1, -0.05) is 12.1 Å². The number of rotatable bonds is 1. The van der Waals surface area contributed by atoms with Crippen LogP contribution in [0.4, 0.5) is 18.9 Å². The molecule has 0 unspecified atom stereocenters. The predicted molar refractivity (Wildman–Crippen MR) is 42.6 cm³/mol. The fourth-order valence-corrected chi connectivity index (χ4v) is 0.884. The molecule has 0 radical (unpaired) electrons. The first kappa shape index (κ1) is 9.70. The molecule has 0 aliphatic heterocycles. The van der Waals surface area contributed by atoms with Crippen LogP contribution in [0.15, 0.2) is 24.3 Å². The van der Waals surface area contributed by atoms with Crippen LogP contribution in [0, 0.1) is 0 Å². The highest BCUT2D eigenvalue weighted by atomic mass is 19.4. The van der Waals surface area contributed by atoms with Gasteiger partial charge in [0, 0.05) is 7.05 Å². The van der Waals surface area contributed by atoms with Gasteiger partial charge in [-0.15, -0.1) is 0 Å². The fraction of sp³-hybridized carbons (Fsp3) is 0.250. The number of nitrogens with zero attached hydrogens (tertiary/aromatic N) is 1. The molecule has 0 aliphatic carbocycles. The summed E-state index contributed by atoms with van der Waals surface area (Å²) in [6.07, 6.45) is -4.47. The van der Waals surface area contributed by atoms with Crippen molar-refractivity contribution in [2.75, 3.05) is 11.9 Å². The zero-order valence-corrected chi connectivity index (χ0v) is 6.84. The third-order valence-corrected chi connectivity index (χ3v) is 1.62. The van der Waals surface area contributed by atoms with E-state index in [0.29, 0.717) is 0 Å². The summed E-state index contributed by atoms with van der Waals surface area (Å²) in [4.78, 5) is 0.0579. The van der Waals surface area contributed by atoms with Crippen LogP contribution in [0.3, 0.4) is 0 Å². The maximum atomic E-state index is 12.1. The van der Waals surface area contributed by atoms with Crippen molar-refractivity contribution in [2.45, 2.75) is 6.30 Å². The highest BCUT2D eigenvalue weighted by molar-refractivity contribution is 5.57. The number of phenolic OH excluding ortho intramolecular Hbond substituents is 1. The SMILES string of the molecule is CN(c1ccccc1O)C(F)(F)F. The Bertz CT molecular complexity index is 298. The molecule has 0 saturated heterocycles. The molecule has 0 spiro atoms. The summed E-state index contributed by atoms with van der Waals surface area (Å²) in [5, 5.41) is 9.10. The average Bonchev–Trinajstić information content (AvgIpc) is 2.02. The third kappa shape index (κ3) is 2.05. The minimum Gasteiger partial charge on any atom is -0.506 e. The van der Waals surface area contributed by atoms with E-state index in [1.165, 1.54) is 24.3 Å². The zero-order chi connectivity index (χ0) is 10.1. The Morgan fingerprint density at radius 2 is 1.77 bits per heavy atom. The molecule has 0 amide bonds. The highest BCUT2D eigenvalue weighted by Crippen LogP contribution is 2.32. The molecule has 1 aromatic rings. The van der Waals surface area contributed by atoms with Crippen LogP contribution < -0.4 is 4.90 Å². The summed E-state index contributed by atoms with van der Waals surface area (Å²) in [7, 11) is 0.856. The molecular formula is C8H8F3NO. The molecular weight excluding hydrogens is 183 g/mol. The Morgan fingerprint density at radius 3 is 2.23 bits per heavy atom. The number of para-hydroxylation sites is 2. The number of phenols is 1. The second-order valence-corrected chi connectivity index (χ2v) is 2.52. The molecule has 0 fully saturated rings. The maximum Gasteiger partial charge on any atom is 0.484 e. The van der Waals surface area contributed by atoms with Crippen molar-refractivity contribution in [1.29, 1.82) is 0 Å². The van der Waals surface area contributed by atoms with Gasteiger partial charge in [0.05, 0.1) is 5.69 Å². The van der Waals surface area contributed by atoms with E-state index < -0.39 is 6.30 Å². The van der Waals surface area contributed by atoms with Crippen LogP contribution in [0.1, 0.15) is 0 Å². The minimum absolute atomic E-state index is 0.0579. The van der Waals surface area contributed by atoms with Crippen LogP contribution >= 0.6 is 0 Å². The van der Waals surface area contributed by atoms with Crippen LogP contribution in [0.25, 0.3) is 0 Å². The first-order valence-corrected chi connectivity index (χ1v) is 3.51. The molecule has 0 saturated carbocycles. The van der Waals surface area contributed by atoms with E-state index in [9.17, 15) is 13.2 Å². The van der Waals surface area contributed by atoms with Crippen molar-refractivity contribution in [3.63, 3.8) is 0 Å². The summed E-state index contributed by atoms with van der Waals surface area (Å²) in [5.74, 6) is -0.387. The van der Waals surface area contributed by atoms with E-state index in [-0.39, 0.29) is 16.3 Å². The van der Waals surface area contributed by atoms with Crippen molar-refractivity contribution in [3.05, 3.63) is 24.3 Å². The standard InChI is InChI=1S/C8H8F3NO/c1-12(8(9,10)11)6-4-2-3-5-7(6)13/h2-5,13H,1H3. The Kier molecular flexibility index (Phi) is 2.36. The van der Waals surface area contributed by atoms with Crippen molar-refractivity contribution < 1.29 is 18.3 Å². The van der Waals surface area contributed by atoms with Gasteiger partial charge in [0.15, 0.2) is 0 Å². The molecule has 5 heteroatoms. The molecule has 0 bridgehead atoms. The highest BCUT2D eigenvalue weighted by Gasteiger charge is 2.35. The lowest BCUT2D eigenvalue weighted by Gasteiger charge is -2.22. The quantitative estimate of drug-likeness (QED) is 0.688. The van der Waals surface area contributed by atoms with Crippen molar-refractivity contribution >= 4 is 5.69 Å². The van der Waals surface area contributed by atoms with E-state index in [1.54, 1.807) is 0 Å². The lowest BCUT2D eigenvalue weighted by molar-refractivity contribution is -0.125. The summed E-state index contributed by atoms with van der Waals surface area (Å²) < 4.78 is 36.4. The van der Waals surface area contributed by atoms with Crippen molar-refractivity contribution in [1.82, 2.24) is 0 Å². The molecule has 0 aliphatic rings. The molecule has 0 atom stereocenters. The van der Waals surface area contributed by atoms with Gasteiger partial charge in [-0.2, -0.15) is 13.2 Å². The normalized spacial score (nSPS) is 11.4. The van der Waals surface area contributed by atoms with Crippen LogP contribution in [0.5, 0.6) is 5.75 Å². The second kappa shape index (κ2) is 3.16. The predicted octanol–water partition coefficient (Wildman–Crippen LogP) is 2.35. The van der Waals surface area contributed by atoms with E-state index in [2.05, 4.69) is 0 Å². The maximum absolute atomic E-state index is 12.1. The molecule has 0 heterocycles. The van der Waals surface area contributed by atoms with Gasteiger partial charge >= 0.3 is 6.30 Å². The van der Waals surface area contributed by atoms with Gasteiger partial charge in [0.2, 0.25) is 0 Å². The first-order valence-electron chi connectivity index (χ1n) is 3.51. The number of aromatic hydroxyl groups is 1. The van der Waals surface area contributed by atoms with E-state index in [1.807, 2.05) is 0 Å². The van der Waals surface area contributed by atoms with Gasteiger partial charge in [0.1, 0.15) is 5.75 Å². The summed E-state index contributed by atoms with van der Waals surface area (Å²) in [6.45, 7) is 0. The molecule has 1 aromatic carbocycles. The number of anilines is 1. The first-order chi connectivity index (χ1) is 5.93. The Labute approximate surface area is 73.2 Å². The smallest absolute Gasteiger partial charge is 0.484 e. The number of alkyl halides is 3. The average molecular weight is 191 g/mol. The monoisotopic (exact) mass is 191 g/mol. The van der Waals surface area contributed by atoms with E-state index in [4.69, 9.17) is 5.11 Å². The van der Waals surface area contributed by atoms with E-state index in [0.717, 1.165) is 7.05 Å². The zero-order valence-electron chi connectivity index (χ0n) is 6.84. The van der Waals surface area contributed by atoms with Gasteiger partial charge in [0.25, 0.3) is 0 Å². The molecule has 1 N–H and O–H groups in total. The minimum atomic E-state index is -4.47. The van der Waals surface area contributed by atoms with Crippen molar-refractivity contribution in [3.8, 4) is 5.75 Å². The summed E-state index contributed by atoms with van der Waals surface area (Å²) >= 11 is 0. The number of hydrogen-bond donors (Lipinski definition) is 1. The molecule has 2 nitrogen and oxygen atoms in total. The fourth-order valence-electron chi connectivity index (χ4n) is 0.884. The van der Waals surface area contributed by atoms with Gasteiger partial charge < -0.3 is 5.11 Å². The Morgan fingerprint density at radius 1 is 1.23 bits per heavy atom. The Hall–Kier alpha value is -1.39. The van der Waals surface area contributed by atoms with Crippen LogP contribution in [-0.4, -0.2) is 18.5 Å². The van der Waals surface area contributed by atoms with Gasteiger partial charge in [-0.3, -0.25) is 4.90 Å². The lowest BCUT2D eigenvalue weighted by atomic mass is 10.3. The molecule has 0 aromatic heterocycles.